The Labute approximate surface area is 467 Å². The fourth-order valence-corrected chi connectivity index (χ4v) is 25.9. The number of aryl methyl sites for hydroxylation is 6. The molecule has 0 saturated heterocycles. The fourth-order valence-electron chi connectivity index (χ4n) is 18.7. The first kappa shape index (κ1) is 51.8. The quantitative estimate of drug-likeness (QED) is 0.128. The molecule has 6 aromatic heterocycles. The Morgan fingerprint density at radius 1 is 0.385 bits per heavy atom. The van der Waals surface area contributed by atoms with Crippen LogP contribution >= 0.6 is 0 Å². The summed E-state index contributed by atoms with van der Waals surface area (Å²) in [4.78, 5) is 11.4. The summed E-state index contributed by atoms with van der Waals surface area (Å²) in [6.45, 7) is 49.0. The smallest absolute Gasteiger partial charge is 0.0859 e. The second-order valence-electron chi connectivity index (χ2n) is 28.3. The van der Waals surface area contributed by atoms with Crippen molar-refractivity contribution in [2.75, 3.05) is 0 Å². The van der Waals surface area contributed by atoms with Crippen molar-refractivity contribution in [3.05, 3.63) is 117 Å². The van der Waals surface area contributed by atoms with Gasteiger partial charge in [-0.1, -0.05) is 203 Å². The SMILES string of the molecule is CC[Si](CC)(CC)c1cc2c3c4c(ncc3n3c5c(-c6c(C)cc(C)cc6C)c6c7cc([Si](CC)(CC)CC)cc8c9c%10c(ncc9n(c6c(-c6c(C)cc(C)cc6C)c5c(c1)c23)c87)C(C)(C)CC%10(C)C)C(C)(C)CC4(C)C. The third kappa shape index (κ3) is 6.39. The molecule has 0 amide bonds. The molecular weight excluding hydrogens is 977 g/mol. The lowest BCUT2D eigenvalue weighted by Gasteiger charge is -2.29. The first-order valence-corrected chi connectivity index (χ1v) is 35.5. The molecule has 2 aliphatic carbocycles. The molecule has 0 bridgehead atoms. The highest BCUT2D eigenvalue weighted by Crippen LogP contribution is 2.60. The van der Waals surface area contributed by atoms with Crippen LogP contribution in [0.25, 0.3) is 98.4 Å². The summed E-state index contributed by atoms with van der Waals surface area (Å²) in [6.07, 6.45) is 6.80. The van der Waals surface area contributed by atoms with Crippen LogP contribution in [-0.4, -0.2) is 34.9 Å². The van der Waals surface area contributed by atoms with E-state index >= 15 is 0 Å². The minimum Gasteiger partial charge on any atom is -0.306 e. The van der Waals surface area contributed by atoms with Gasteiger partial charge in [0.05, 0.1) is 73.0 Å². The highest BCUT2D eigenvalue weighted by Gasteiger charge is 2.48. The molecule has 6 heteroatoms. The third-order valence-corrected chi connectivity index (χ3v) is 32.9. The first-order valence-electron chi connectivity index (χ1n) is 30.3. The molecule has 0 atom stereocenters. The minimum absolute atomic E-state index is 0.0327. The van der Waals surface area contributed by atoms with Gasteiger partial charge in [-0.2, -0.15) is 0 Å². The molecule has 0 fully saturated rings. The second kappa shape index (κ2) is 16.5. The van der Waals surface area contributed by atoms with Gasteiger partial charge in [0.1, 0.15) is 0 Å². The zero-order valence-corrected chi connectivity index (χ0v) is 53.2. The van der Waals surface area contributed by atoms with E-state index in [1.54, 1.807) is 10.4 Å². The average Bonchev–Trinajstić information content (AvgIpc) is 2.41. The molecule has 0 N–H and O–H groups in total. The summed E-state index contributed by atoms with van der Waals surface area (Å²) in [6, 6.07) is 28.2. The van der Waals surface area contributed by atoms with Crippen molar-refractivity contribution in [2.24, 2.45) is 0 Å². The summed E-state index contributed by atoms with van der Waals surface area (Å²) in [5, 5.41) is 14.6. The highest BCUT2D eigenvalue weighted by molar-refractivity contribution is 6.92. The van der Waals surface area contributed by atoms with Crippen molar-refractivity contribution < 1.29 is 0 Å². The Kier molecular flexibility index (Phi) is 11.0. The predicted octanol–water partition coefficient (Wildman–Crippen LogP) is 19.3. The van der Waals surface area contributed by atoms with Crippen LogP contribution in [0, 0.1) is 41.5 Å². The van der Waals surface area contributed by atoms with Gasteiger partial charge in [0.2, 0.25) is 0 Å². The van der Waals surface area contributed by atoms with Gasteiger partial charge in [-0.05, 0) is 110 Å². The van der Waals surface area contributed by atoms with E-state index in [0.29, 0.717) is 0 Å². The number of benzene rings is 5. The maximum atomic E-state index is 5.68. The Bertz CT molecular complexity index is 4060. The van der Waals surface area contributed by atoms with Crippen LogP contribution in [-0.2, 0) is 21.7 Å². The molecule has 0 spiro atoms. The molecule has 4 nitrogen and oxygen atoms in total. The number of rotatable bonds is 10. The molecule has 0 unspecified atom stereocenters. The molecule has 0 saturated carbocycles. The number of hydrogen-bond donors (Lipinski definition) is 0. The van der Waals surface area contributed by atoms with Gasteiger partial charge in [-0.15, -0.1) is 0 Å². The molecule has 11 aromatic rings. The third-order valence-electron chi connectivity index (χ3n) is 21.8. The standard InChI is InChI=1S/C72H86N4Si2/c1-21-77(22-2,23-3)45-31-47-55-51(35-73-67-61(55)69(13,14)37-71(67,17)18)75-63(47)49(33-45)57-59(53-41(9)27-39(7)28-42(53)10)66-58(60(65(57)75)54-43(11)29-40(8)30-44(54)12)50-34-46(78(24-4,25-5)26-6)32-48-56-52(76(66)64(48)50)36-74-68-62(56)70(15,16)38-72(68,19)20/h27-36H,21-26,37-38H2,1-20H3. The van der Waals surface area contributed by atoms with E-state index in [1.165, 1.54) is 191 Å². The van der Waals surface area contributed by atoms with Gasteiger partial charge in [0.25, 0.3) is 0 Å². The molecule has 78 heavy (non-hydrogen) atoms. The van der Waals surface area contributed by atoms with Crippen molar-refractivity contribution in [2.45, 2.75) is 209 Å². The predicted molar refractivity (Wildman–Crippen MR) is 346 cm³/mol. The van der Waals surface area contributed by atoms with Crippen LogP contribution in [0.5, 0.6) is 0 Å². The van der Waals surface area contributed by atoms with Gasteiger partial charge in [-0.25, -0.2) is 0 Å². The van der Waals surface area contributed by atoms with E-state index in [2.05, 4.69) is 208 Å². The average molecular weight is 1060 g/mol. The Hall–Kier alpha value is -5.57. The number of hydrogen-bond acceptors (Lipinski definition) is 2. The molecule has 6 heterocycles. The molecular formula is C72H86N4Si2. The summed E-state index contributed by atoms with van der Waals surface area (Å²) in [7, 11) is -3.95. The zero-order chi connectivity index (χ0) is 55.6. The molecule has 0 radical (unpaired) electrons. The first-order chi connectivity index (χ1) is 36.8. The monoisotopic (exact) mass is 1060 g/mol. The number of pyridine rings is 2. The fraction of sp³-hybridized carbons (Fsp3) is 0.444. The van der Waals surface area contributed by atoms with Gasteiger partial charge in [0.15, 0.2) is 0 Å². The van der Waals surface area contributed by atoms with E-state index in [9.17, 15) is 0 Å². The van der Waals surface area contributed by atoms with Crippen LogP contribution in [0.2, 0.25) is 36.3 Å². The van der Waals surface area contributed by atoms with E-state index in [-0.39, 0.29) is 21.7 Å². The van der Waals surface area contributed by atoms with E-state index in [4.69, 9.17) is 9.97 Å². The lowest BCUT2D eigenvalue weighted by Crippen LogP contribution is -2.45. The van der Waals surface area contributed by atoms with Gasteiger partial charge >= 0.3 is 0 Å². The van der Waals surface area contributed by atoms with E-state index < -0.39 is 16.1 Å². The Balaban J connectivity index is 1.44. The highest BCUT2D eigenvalue weighted by atomic mass is 28.3. The molecule has 5 aromatic carbocycles. The van der Waals surface area contributed by atoms with Gasteiger partial charge < -0.3 is 8.80 Å². The van der Waals surface area contributed by atoms with E-state index in [0.717, 1.165) is 12.8 Å². The molecule has 402 valence electrons. The second-order valence-corrected chi connectivity index (χ2v) is 38.8. The summed E-state index contributed by atoms with van der Waals surface area (Å²) >= 11 is 0. The van der Waals surface area contributed by atoms with E-state index in [1.807, 2.05) is 0 Å². The Morgan fingerprint density at radius 2 is 0.679 bits per heavy atom. The maximum Gasteiger partial charge on any atom is 0.0859 e. The normalized spacial score (nSPS) is 17.1. The number of fused-ring (bicyclic) bond motifs is 16. The van der Waals surface area contributed by atoms with Crippen molar-refractivity contribution in [1.29, 1.82) is 0 Å². The van der Waals surface area contributed by atoms with Gasteiger partial charge in [0, 0.05) is 65.0 Å². The molecule has 2 aliphatic rings. The summed E-state index contributed by atoms with van der Waals surface area (Å²) in [5.74, 6) is 0. The lowest BCUT2D eigenvalue weighted by atomic mass is 9.81. The van der Waals surface area contributed by atoms with Crippen molar-refractivity contribution in [3.8, 4) is 22.3 Å². The number of nitrogens with zero attached hydrogens (tertiary/aromatic N) is 4. The van der Waals surface area contributed by atoms with Crippen LogP contribution in [0.1, 0.15) is 166 Å². The van der Waals surface area contributed by atoms with Crippen LogP contribution < -0.4 is 10.4 Å². The van der Waals surface area contributed by atoms with Gasteiger partial charge in [-0.3, -0.25) is 9.97 Å². The maximum absolute atomic E-state index is 5.68. The lowest BCUT2D eigenvalue weighted by molar-refractivity contribution is 0.400. The van der Waals surface area contributed by atoms with Crippen LogP contribution in [0.4, 0.5) is 0 Å². The Morgan fingerprint density at radius 3 is 0.974 bits per heavy atom. The van der Waals surface area contributed by atoms with Crippen molar-refractivity contribution in [3.63, 3.8) is 0 Å². The number of aromatic nitrogens is 4. The summed E-state index contributed by atoms with van der Waals surface area (Å²) < 4.78 is 5.60. The topological polar surface area (TPSA) is 34.6 Å². The largest absolute Gasteiger partial charge is 0.306 e. The summed E-state index contributed by atoms with van der Waals surface area (Å²) in [5.41, 5.74) is 26.8. The molecule has 13 rings (SSSR count). The van der Waals surface area contributed by atoms with Crippen LogP contribution in [0.15, 0.2) is 60.9 Å². The van der Waals surface area contributed by atoms with Crippen molar-refractivity contribution >= 4 is 103 Å². The van der Waals surface area contributed by atoms with Crippen molar-refractivity contribution in [1.82, 2.24) is 18.8 Å². The van der Waals surface area contributed by atoms with Crippen LogP contribution in [0.3, 0.4) is 0 Å². The zero-order valence-electron chi connectivity index (χ0n) is 51.2. The minimum atomic E-state index is -1.98. The molecule has 0 aliphatic heterocycles.